The number of nitrogens with zero attached hydrogens (tertiary/aromatic N) is 1. The lowest BCUT2D eigenvalue weighted by atomic mass is 10.1. The summed E-state index contributed by atoms with van der Waals surface area (Å²) < 4.78 is 4.95. The minimum absolute atomic E-state index is 0.0457. The van der Waals surface area contributed by atoms with Gasteiger partial charge in [-0.25, -0.2) is 9.59 Å². The van der Waals surface area contributed by atoms with Crippen molar-refractivity contribution in [3.8, 4) is 0 Å². The molecule has 0 aliphatic carbocycles. The molecule has 0 saturated heterocycles. The van der Waals surface area contributed by atoms with Crippen LogP contribution in [0, 0.1) is 10.1 Å². The van der Waals surface area contributed by atoms with Crippen LogP contribution in [-0.4, -0.2) is 22.1 Å². The molecule has 8 heteroatoms. The summed E-state index contributed by atoms with van der Waals surface area (Å²) in [5.74, 6) is -1.43. The number of carboxylic acids is 1. The van der Waals surface area contributed by atoms with Gasteiger partial charge in [0, 0.05) is 6.07 Å². The summed E-state index contributed by atoms with van der Waals surface area (Å²) >= 11 is 0. The van der Waals surface area contributed by atoms with Crippen molar-refractivity contribution in [1.29, 1.82) is 0 Å². The molecule has 2 aromatic rings. The first-order valence-electron chi connectivity index (χ1n) is 6.92. The minimum atomic E-state index is -1.59. The molecule has 0 aromatic heterocycles. The van der Waals surface area contributed by atoms with Gasteiger partial charge in [0.1, 0.15) is 6.61 Å². The average Bonchev–Trinajstić information content (AvgIpc) is 2.58. The Bertz CT molecular complexity index is 747. The lowest BCUT2D eigenvalue weighted by molar-refractivity contribution is -0.385. The zero-order valence-electron chi connectivity index (χ0n) is 12.4. The van der Waals surface area contributed by atoms with Crippen LogP contribution in [0.5, 0.6) is 0 Å². The number of carboxylic acid groups (broad SMARTS) is 1. The topological polar surface area (TPSA) is 119 Å². The second-order valence-electron chi connectivity index (χ2n) is 4.79. The molecule has 0 spiro atoms. The van der Waals surface area contributed by atoms with Gasteiger partial charge >= 0.3 is 12.1 Å². The normalized spacial score (nSPS) is 11.3. The van der Waals surface area contributed by atoms with E-state index in [2.05, 4.69) is 5.32 Å². The summed E-state index contributed by atoms with van der Waals surface area (Å²) in [6, 6.07) is 12.5. The van der Waals surface area contributed by atoms with Crippen molar-refractivity contribution >= 4 is 17.7 Å². The number of rotatable bonds is 6. The van der Waals surface area contributed by atoms with E-state index in [1.54, 1.807) is 30.3 Å². The molecule has 8 nitrogen and oxygen atoms in total. The standard InChI is InChI=1S/C16H14N2O6/c19-15(20)14(12-8-4-5-9-13(12)18(22)23)17-16(21)24-10-11-6-2-1-3-7-11/h1-9,14H,10H2,(H,17,21)(H,19,20)/t14-/m0/s1. The summed E-state index contributed by atoms with van der Waals surface area (Å²) in [6.45, 7) is -0.0457. The highest BCUT2D eigenvalue weighted by Crippen LogP contribution is 2.25. The first-order valence-corrected chi connectivity index (χ1v) is 6.92. The summed E-state index contributed by atoms with van der Waals surface area (Å²) in [5.41, 5.74) is 0.199. The zero-order valence-corrected chi connectivity index (χ0v) is 12.4. The molecule has 0 aliphatic heterocycles. The summed E-state index contributed by atoms with van der Waals surface area (Å²) in [7, 11) is 0. The van der Waals surface area contributed by atoms with Gasteiger partial charge in [0.15, 0.2) is 6.04 Å². The molecular weight excluding hydrogens is 316 g/mol. The number of nitro benzene ring substituents is 1. The van der Waals surface area contributed by atoms with Crippen LogP contribution in [0.1, 0.15) is 17.2 Å². The number of para-hydroxylation sites is 1. The quantitative estimate of drug-likeness (QED) is 0.621. The van der Waals surface area contributed by atoms with Crippen LogP contribution in [0.3, 0.4) is 0 Å². The van der Waals surface area contributed by atoms with Gasteiger partial charge in [-0.1, -0.05) is 42.5 Å². The lowest BCUT2D eigenvalue weighted by Crippen LogP contribution is -2.34. The van der Waals surface area contributed by atoms with Crippen LogP contribution in [0.2, 0.25) is 0 Å². The fourth-order valence-corrected chi connectivity index (χ4v) is 2.05. The van der Waals surface area contributed by atoms with Crippen molar-refractivity contribution in [2.24, 2.45) is 0 Å². The van der Waals surface area contributed by atoms with Gasteiger partial charge in [0.25, 0.3) is 5.69 Å². The molecule has 0 fully saturated rings. The van der Waals surface area contributed by atoms with Gasteiger partial charge in [-0.15, -0.1) is 0 Å². The SMILES string of the molecule is O=C(N[C@H](C(=O)O)c1ccccc1[N+](=O)[O-])OCc1ccccc1. The van der Waals surface area contributed by atoms with Crippen molar-refractivity contribution in [3.05, 3.63) is 75.8 Å². The number of carbonyl (C=O) groups excluding carboxylic acids is 1. The lowest BCUT2D eigenvalue weighted by Gasteiger charge is -2.15. The number of hydrogen-bond acceptors (Lipinski definition) is 5. The average molecular weight is 330 g/mol. The van der Waals surface area contributed by atoms with Crippen LogP contribution in [0.15, 0.2) is 54.6 Å². The first-order chi connectivity index (χ1) is 11.5. The highest BCUT2D eigenvalue weighted by atomic mass is 16.6. The second-order valence-corrected chi connectivity index (χ2v) is 4.79. The van der Waals surface area contributed by atoms with Gasteiger partial charge in [-0.2, -0.15) is 0 Å². The van der Waals surface area contributed by atoms with Gasteiger partial charge in [-0.3, -0.25) is 10.1 Å². The predicted octanol–water partition coefficient (Wildman–Crippen LogP) is 2.65. The number of nitrogens with one attached hydrogen (secondary N) is 1. The smallest absolute Gasteiger partial charge is 0.408 e. The Morgan fingerprint density at radius 2 is 1.75 bits per heavy atom. The Hall–Kier alpha value is -3.42. The number of hydrogen-bond donors (Lipinski definition) is 2. The molecule has 0 heterocycles. The van der Waals surface area contributed by atoms with Crippen LogP contribution in [0.4, 0.5) is 10.5 Å². The van der Waals surface area contributed by atoms with Crippen LogP contribution in [0.25, 0.3) is 0 Å². The molecule has 0 unspecified atom stereocenters. The van der Waals surface area contributed by atoms with Crippen molar-refractivity contribution in [3.63, 3.8) is 0 Å². The van der Waals surface area contributed by atoms with Crippen LogP contribution in [-0.2, 0) is 16.1 Å². The Morgan fingerprint density at radius 3 is 2.38 bits per heavy atom. The second kappa shape index (κ2) is 7.73. The van der Waals surface area contributed by atoms with E-state index >= 15 is 0 Å². The van der Waals surface area contributed by atoms with Crippen LogP contribution >= 0.6 is 0 Å². The van der Waals surface area contributed by atoms with Gasteiger partial charge in [0.05, 0.1) is 10.5 Å². The molecular formula is C16H14N2O6. The Balaban J connectivity index is 2.10. The molecule has 2 N–H and O–H groups in total. The molecule has 2 rings (SSSR count). The van der Waals surface area contributed by atoms with Gasteiger partial charge in [0.2, 0.25) is 0 Å². The Labute approximate surface area is 136 Å². The molecule has 0 radical (unpaired) electrons. The Kier molecular flexibility index (Phi) is 5.45. The molecule has 0 aliphatic rings. The van der Waals surface area contributed by atoms with Gasteiger partial charge in [-0.05, 0) is 11.6 Å². The van der Waals surface area contributed by atoms with Crippen molar-refractivity contribution < 1.29 is 24.4 Å². The van der Waals surface area contributed by atoms with E-state index in [0.29, 0.717) is 0 Å². The third-order valence-electron chi connectivity index (χ3n) is 3.17. The number of amides is 1. The van der Waals surface area contributed by atoms with Crippen molar-refractivity contribution in [1.82, 2.24) is 5.32 Å². The third kappa shape index (κ3) is 4.29. The number of benzene rings is 2. The number of nitro groups is 1. The first kappa shape index (κ1) is 16.9. The van der Waals surface area contributed by atoms with E-state index in [1.165, 1.54) is 24.3 Å². The fourth-order valence-electron chi connectivity index (χ4n) is 2.05. The van der Waals surface area contributed by atoms with E-state index in [1.807, 2.05) is 0 Å². The molecule has 0 bridgehead atoms. The van der Waals surface area contributed by atoms with Crippen molar-refractivity contribution in [2.45, 2.75) is 12.6 Å². The van der Waals surface area contributed by atoms with E-state index in [9.17, 15) is 24.8 Å². The molecule has 2 aromatic carbocycles. The molecule has 1 atom stereocenters. The molecule has 24 heavy (non-hydrogen) atoms. The monoisotopic (exact) mass is 330 g/mol. The zero-order chi connectivity index (χ0) is 17.5. The van der Waals surface area contributed by atoms with Gasteiger partial charge < -0.3 is 15.2 Å². The Morgan fingerprint density at radius 1 is 1.12 bits per heavy atom. The van der Waals surface area contributed by atoms with E-state index in [0.717, 1.165) is 5.56 Å². The maximum absolute atomic E-state index is 11.8. The summed E-state index contributed by atoms with van der Waals surface area (Å²) in [6.07, 6.45) is -0.982. The largest absolute Gasteiger partial charge is 0.479 e. The van der Waals surface area contributed by atoms with Crippen LogP contribution < -0.4 is 5.32 Å². The van der Waals surface area contributed by atoms with E-state index in [-0.39, 0.29) is 12.2 Å². The summed E-state index contributed by atoms with van der Waals surface area (Å²) in [5, 5.41) is 22.4. The van der Waals surface area contributed by atoms with Crippen molar-refractivity contribution in [2.75, 3.05) is 0 Å². The maximum Gasteiger partial charge on any atom is 0.408 e. The highest BCUT2D eigenvalue weighted by molar-refractivity contribution is 5.82. The molecule has 0 saturated carbocycles. The number of alkyl carbamates (subject to hydrolysis) is 1. The molecule has 124 valence electrons. The van der Waals surface area contributed by atoms with E-state index in [4.69, 9.17) is 4.74 Å². The van der Waals surface area contributed by atoms with E-state index < -0.39 is 28.7 Å². The number of aliphatic carboxylic acids is 1. The third-order valence-corrected chi connectivity index (χ3v) is 3.17. The fraction of sp³-hybridized carbons (Fsp3) is 0.125. The summed E-state index contributed by atoms with van der Waals surface area (Å²) in [4.78, 5) is 33.5. The number of carbonyl (C=O) groups is 2. The minimum Gasteiger partial charge on any atom is -0.479 e. The predicted molar refractivity (Wildman–Crippen MR) is 83.2 cm³/mol. The molecule has 1 amide bonds. The number of ether oxygens (including phenoxy) is 1. The highest BCUT2D eigenvalue weighted by Gasteiger charge is 2.29. The maximum atomic E-state index is 11.8.